The number of hydrogen-bond acceptors (Lipinski definition) is 5. The molecular formula is C20H26FN5O. The third kappa shape index (κ3) is 4.93. The van der Waals surface area contributed by atoms with E-state index in [4.69, 9.17) is 0 Å². The van der Waals surface area contributed by atoms with Crippen LogP contribution in [0.1, 0.15) is 37.9 Å². The average molecular weight is 371 g/mol. The zero-order chi connectivity index (χ0) is 19.4. The number of anilines is 3. The lowest BCUT2D eigenvalue weighted by Crippen LogP contribution is -2.35. The molecule has 144 valence electrons. The van der Waals surface area contributed by atoms with Gasteiger partial charge in [0, 0.05) is 43.5 Å². The molecule has 7 heteroatoms. The van der Waals surface area contributed by atoms with Crippen molar-refractivity contribution in [2.45, 2.75) is 46.1 Å². The molecule has 1 unspecified atom stereocenters. The van der Waals surface area contributed by atoms with Gasteiger partial charge in [-0.05, 0) is 37.5 Å². The van der Waals surface area contributed by atoms with Crippen molar-refractivity contribution in [3.05, 3.63) is 41.3 Å². The SMILES string of the molecule is CCCc1cc(N2CCC(NC(C)=O)C2)nc(Nc2ccc(C)c(F)c2)n1. The van der Waals surface area contributed by atoms with Crippen molar-refractivity contribution in [2.24, 2.45) is 0 Å². The fraction of sp³-hybridized carbons (Fsp3) is 0.450. The van der Waals surface area contributed by atoms with Crippen LogP contribution in [0.15, 0.2) is 24.3 Å². The highest BCUT2D eigenvalue weighted by Gasteiger charge is 2.24. The van der Waals surface area contributed by atoms with Crippen LogP contribution in [0.2, 0.25) is 0 Å². The van der Waals surface area contributed by atoms with Crippen molar-refractivity contribution in [1.29, 1.82) is 0 Å². The molecule has 0 spiro atoms. The number of rotatable bonds is 6. The summed E-state index contributed by atoms with van der Waals surface area (Å²) in [6.45, 7) is 6.92. The average Bonchev–Trinajstić information content (AvgIpc) is 3.06. The van der Waals surface area contributed by atoms with Crippen molar-refractivity contribution >= 4 is 23.4 Å². The van der Waals surface area contributed by atoms with Crippen LogP contribution in [0, 0.1) is 12.7 Å². The normalized spacial score (nSPS) is 16.4. The summed E-state index contributed by atoms with van der Waals surface area (Å²) >= 11 is 0. The first-order valence-corrected chi connectivity index (χ1v) is 9.37. The van der Waals surface area contributed by atoms with Gasteiger partial charge >= 0.3 is 0 Å². The molecule has 0 aliphatic carbocycles. The highest BCUT2D eigenvalue weighted by atomic mass is 19.1. The zero-order valence-corrected chi connectivity index (χ0v) is 16.1. The number of benzene rings is 1. The first-order chi connectivity index (χ1) is 12.9. The molecule has 2 aromatic rings. The molecule has 1 aromatic heterocycles. The Kier molecular flexibility index (Phi) is 5.88. The second-order valence-electron chi connectivity index (χ2n) is 7.01. The Hall–Kier alpha value is -2.70. The predicted molar refractivity (Wildman–Crippen MR) is 105 cm³/mol. The lowest BCUT2D eigenvalue weighted by Gasteiger charge is -2.19. The fourth-order valence-corrected chi connectivity index (χ4v) is 3.26. The van der Waals surface area contributed by atoms with E-state index < -0.39 is 0 Å². The number of aromatic nitrogens is 2. The Morgan fingerprint density at radius 2 is 2.15 bits per heavy atom. The van der Waals surface area contributed by atoms with Crippen molar-refractivity contribution in [1.82, 2.24) is 15.3 Å². The Labute approximate surface area is 159 Å². The molecule has 6 nitrogen and oxygen atoms in total. The van der Waals surface area contributed by atoms with Gasteiger partial charge in [-0.25, -0.2) is 9.37 Å². The van der Waals surface area contributed by atoms with Crippen LogP contribution in [0.4, 0.5) is 21.8 Å². The smallest absolute Gasteiger partial charge is 0.229 e. The quantitative estimate of drug-likeness (QED) is 0.815. The molecule has 1 aliphatic heterocycles. The molecule has 27 heavy (non-hydrogen) atoms. The standard InChI is InChI=1S/C20H26FN5O/c1-4-5-15-11-19(26-9-8-17(12-26)22-14(3)27)25-20(23-15)24-16-7-6-13(2)18(21)10-16/h6-7,10-11,17H,4-5,8-9,12H2,1-3H3,(H,22,27)(H,23,24,25). The van der Waals surface area contributed by atoms with Gasteiger partial charge < -0.3 is 15.5 Å². The van der Waals surface area contributed by atoms with Gasteiger partial charge in [0.25, 0.3) is 0 Å². The summed E-state index contributed by atoms with van der Waals surface area (Å²) in [4.78, 5) is 22.6. The molecule has 0 saturated carbocycles. The Bertz CT molecular complexity index is 826. The first-order valence-electron chi connectivity index (χ1n) is 9.37. The maximum Gasteiger partial charge on any atom is 0.229 e. The molecule has 1 aliphatic rings. The number of carbonyl (C=O) groups excluding carboxylic acids is 1. The number of halogens is 1. The molecule has 1 saturated heterocycles. The van der Waals surface area contributed by atoms with Gasteiger partial charge in [0.2, 0.25) is 11.9 Å². The van der Waals surface area contributed by atoms with Gasteiger partial charge in [-0.2, -0.15) is 4.98 Å². The molecule has 2 heterocycles. The molecule has 0 bridgehead atoms. The van der Waals surface area contributed by atoms with Crippen molar-refractivity contribution < 1.29 is 9.18 Å². The van der Waals surface area contributed by atoms with Crippen LogP contribution in [-0.4, -0.2) is 35.0 Å². The van der Waals surface area contributed by atoms with Gasteiger partial charge in [-0.1, -0.05) is 19.4 Å². The summed E-state index contributed by atoms with van der Waals surface area (Å²) in [6.07, 6.45) is 2.71. The largest absolute Gasteiger partial charge is 0.354 e. The molecule has 1 amide bonds. The van der Waals surface area contributed by atoms with E-state index in [0.29, 0.717) is 17.2 Å². The van der Waals surface area contributed by atoms with E-state index in [2.05, 4.69) is 32.4 Å². The van der Waals surface area contributed by atoms with Crippen LogP contribution < -0.4 is 15.5 Å². The van der Waals surface area contributed by atoms with Crippen molar-refractivity contribution in [3.8, 4) is 0 Å². The highest BCUT2D eigenvalue weighted by molar-refractivity contribution is 5.73. The van der Waals surface area contributed by atoms with Gasteiger partial charge in [0.05, 0.1) is 0 Å². The zero-order valence-electron chi connectivity index (χ0n) is 16.1. The number of hydrogen-bond donors (Lipinski definition) is 2. The lowest BCUT2D eigenvalue weighted by atomic mass is 10.2. The molecule has 3 rings (SSSR count). The van der Waals surface area contributed by atoms with Gasteiger partial charge in [0.1, 0.15) is 11.6 Å². The summed E-state index contributed by atoms with van der Waals surface area (Å²) in [7, 11) is 0. The van der Waals surface area contributed by atoms with Crippen LogP contribution in [0.5, 0.6) is 0 Å². The minimum absolute atomic E-state index is 0.0139. The van der Waals surface area contributed by atoms with Crippen LogP contribution in [0.3, 0.4) is 0 Å². The Morgan fingerprint density at radius 3 is 2.85 bits per heavy atom. The summed E-state index contributed by atoms with van der Waals surface area (Å²) in [6, 6.07) is 7.13. The number of carbonyl (C=O) groups is 1. The fourth-order valence-electron chi connectivity index (χ4n) is 3.26. The van der Waals surface area contributed by atoms with Crippen molar-refractivity contribution in [2.75, 3.05) is 23.3 Å². The molecule has 1 fully saturated rings. The maximum atomic E-state index is 13.8. The molecule has 0 radical (unpaired) electrons. The number of aryl methyl sites for hydroxylation is 2. The van der Waals surface area contributed by atoms with Gasteiger partial charge in [-0.15, -0.1) is 0 Å². The van der Waals surface area contributed by atoms with Gasteiger partial charge in [-0.3, -0.25) is 4.79 Å². The minimum Gasteiger partial charge on any atom is -0.354 e. The first kappa shape index (κ1) is 19.1. The minimum atomic E-state index is -0.261. The predicted octanol–water partition coefficient (Wildman–Crippen LogP) is 3.34. The lowest BCUT2D eigenvalue weighted by molar-refractivity contribution is -0.119. The van der Waals surface area contributed by atoms with E-state index in [9.17, 15) is 9.18 Å². The van der Waals surface area contributed by atoms with Crippen LogP contribution in [0.25, 0.3) is 0 Å². The van der Waals surface area contributed by atoms with Gasteiger partial charge in [0.15, 0.2) is 0 Å². The molecule has 1 aromatic carbocycles. The second kappa shape index (κ2) is 8.33. The topological polar surface area (TPSA) is 70.2 Å². The van der Waals surface area contributed by atoms with E-state index in [0.717, 1.165) is 43.9 Å². The van der Waals surface area contributed by atoms with E-state index in [-0.39, 0.29) is 17.8 Å². The summed E-state index contributed by atoms with van der Waals surface area (Å²) < 4.78 is 13.8. The second-order valence-corrected chi connectivity index (χ2v) is 7.01. The monoisotopic (exact) mass is 371 g/mol. The van der Waals surface area contributed by atoms with E-state index in [1.54, 1.807) is 13.0 Å². The van der Waals surface area contributed by atoms with Crippen LogP contribution >= 0.6 is 0 Å². The summed E-state index contributed by atoms with van der Waals surface area (Å²) in [5.41, 5.74) is 2.17. The van der Waals surface area contributed by atoms with Crippen molar-refractivity contribution in [3.63, 3.8) is 0 Å². The summed E-state index contributed by atoms with van der Waals surface area (Å²) in [5, 5.41) is 6.09. The summed E-state index contributed by atoms with van der Waals surface area (Å²) in [5.74, 6) is 1.01. The van der Waals surface area contributed by atoms with Crippen LogP contribution in [-0.2, 0) is 11.2 Å². The third-order valence-corrected chi connectivity index (χ3v) is 4.62. The number of amides is 1. The Balaban J connectivity index is 1.82. The Morgan fingerprint density at radius 1 is 1.33 bits per heavy atom. The number of nitrogens with zero attached hydrogens (tertiary/aromatic N) is 3. The van der Waals surface area contributed by atoms with E-state index in [1.807, 2.05) is 12.1 Å². The maximum absolute atomic E-state index is 13.8. The highest BCUT2D eigenvalue weighted by Crippen LogP contribution is 2.23. The molecule has 1 atom stereocenters. The number of nitrogens with one attached hydrogen (secondary N) is 2. The third-order valence-electron chi connectivity index (χ3n) is 4.62. The van der Waals surface area contributed by atoms with E-state index >= 15 is 0 Å². The van der Waals surface area contributed by atoms with E-state index in [1.165, 1.54) is 13.0 Å². The molecule has 2 N–H and O–H groups in total. The molecular weight excluding hydrogens is 345 g/mol.